The third kappa shape index (κ3) is 4.06. The van der Waals surface area contributed by atoms with Gasteiger partial charge in [-0.15, -0.1) is 0 Å². The maximum Gasteiger partial charge on any atom is 0.251 e. The molecule has 0 unspecified atom stereocenters. The summed E-state index contributed by atoms with van der Waals surface area (Å²) < 4.78 is 11.3. The number of carbonyl (C=O) groups is 1. The van der Waals surface area contributed by atoms with E-state index in [1.807, 2.05) is 31.2 Å². The molecule has 104 valence electrons. The molecule has 0 radical (unpaired) electrons. The summed E-state index contributed by atoms with van der Waals surface area (Å²) in [6.07, 6.45) is 1.86. The van der Waals surface area contributed by atoms with E-state index < -0.39 is 10.8 Å². The van der Waals surface area contributed by atoms with Crippen LogP contribution in [0.25, 0.3) is 0 Å². The molecule has 2 rings (SSSR count). The lowest BCUT2D eigenvalue weighted by atomic mass is 10.1. The van der Waals surface area contributed by atoms with Crippen molar-refractivity contribution in [2.24, 2.45) is 0 Å². The standard InChI is InChI=1S/C14H20N2O2S/c1-2-15-14(17)11-4-3-5-13(10-11)16-12-6-8-19(18)9-7-12/h3-5,10,12,16H,2,6-9H2,1H3,(H,15,17). The molecule has 1 aromatic rings. The van der Waals surface area contributed by atoms with Gasteiger partial charge in [0.25, 0.3) is 5.91 Å². The average molecular weight is 280 g/mol. The summed E-state index contributed by atoms with van der Waals surface area (Å²) in [5, 5.41) is 6.22. The molecule has 1 aliphatic heterocycles. The zero-order chi connectivity index (χ0) is 13.7. The molecule has 1 heterocycles. The number of hydrogen-bond donors (Lipinski definition) is 2. The highest BCUT2D eigenvalue weighted by atomic mass is 32.2. The minimum atomic E-state index is -0.637. The first kappa shape index (κ1) is 14.1. The van der Waals surface area contributed by atoms with Gasteiger partial charge in [0, 0.05) is 46.1 Å². The second kappa shape index (κ2) is 6.70. The molecule has 0 aromatic heterocycles. The summed E-state index contributed by atoms with van der Waals surface area (Å²) in [5.41, 5.74) is 1.63. The van der Waals surface area contributed by atoms with E-state index in [9.17, 15) is 9.00 Å². The van der Waals surface area contributed by atoms with Gasteiger partial charge in [-0.1, -0.05) is 6.07 Å². The van der Waals surface area contributed by atoms with Crippen molar-refractivity contribution < 1.29 is 9.00 Å². The van der Waals surface area contributed by atoms with Crippen LogP contribution in [-0.2, 0) is 10.8 Å². The fraction of sp³-hybridized carbons (Fsp3) is 0.500. The normalized spacial score (nSPS) is 22.8. The summed E-state index contributed by atoms with van der Waals surface area (Å²) in [6.45, 7) is 2.53. The molecule has 1 aliphatic rings. The maximum absolute atomic E-state index is 11.8. The lowest BCUT2D eigenvalue weighted by Gasteiger charge is -2.23. The molecule has 19 heavy (non-hydrogen) atoms. The summed E-state index contributed by atoms with van der Waals surface area (Å²) in [4.78, 5) is 11.8. The second-order valence-corrected chi connectivity index (χ2v) is 6.40. The first-order valence-electron chi connectivity index (χ1n) is 6.69. The van der Waals surface area contributed by atoms with Gasteiger partial charge in [-0.05, 0) is 38.0 Å². The second-order valence-electron chi connectivity index (χ2n) is 4.71. The topological polar surface area (TPSA) is 58.2 Å². The van der Waals surface area contributed by atoms with Crippen LogP contribution < -0.4 is 10.6 Å². The van der Waals surface area contributed by atoms with E-state index in [1.54, 1.807) is 0 Å². The highest BCUT2D eigenvalue weighted by Crippen LogP contribution is 2.17. The van der Waals surface area contributed by atoms with Crippen LogP contribution in [0.15, 0.2) is 24.3 Å². The Labute approximate surface area is 116 Å². The Morgan fingerprint density at radius 3 is 2.79 bits per heavy atom. The number of amides is 1. The van der Waals surface area contributed by atoms with Crippen molar-refractivity contribution in [2.45, 2.75) is 25.8 Å². The molecule has 4 nitrogen and oxygen atoms in total. The third-order valence-corrected chi connectivity index (χ3v) is 4.60. The average Bonchev–Trinajstić information content (AvgIpc) is 2.42. The predicted molar refractivity (Wildman–Crippen MR) is 79.0 cm³/mol. The summed E-state index contributed by atoms with van der Waals surface area (Å²) in [6, 6.07) is 7.90. The molecule has 1 amide bonds. The fourth-order valence-corrected chi connectivity index (χ4v) is 3.49. The number of nitrogens with one attached hydrogen (secondary N) is 2. The number of rotatable bonds is 4. The van der Waals surface area contributed by atoms with E-state index in [4.69, 9.17) is 0 Å². The highest BCUT2D eigenvalue weighted by molar-refractivity contribution is 7.85. The Hall–Kier alpha value is -1.36. The third-order valence-electron chi connectivity index (χ3n) is 3.22. The van der Waals surface area contributed by atoms with Crippen molar-refractivity contribution >= 4 is 22.4 Å². The zero-order valence-electron chi connectivity index (χ0n) is 11.1. The summed E-state index contributed by atoms with van der Waals surface area (Å²) >= 11 is 0. The first-order chi connectivity index (χ1) is 9.19. The largest absolute Gasteiger partial charge is 0.382 e. The van der Waals surface area contributed by atoms with E-state index >= 15 is 0 Å². The van der Waals surface area contributed by atoms with Crippen molar-refractivity contribution in [3.05, 3.63) is 29.8 Å². The van der Waals surface area contributed by atoms with Crippen molar-refractivity contribution in [3.63, 3.8) is 0 Å². The Bertz CT molecular complexity index is 466. The van der Waals surface area contributed by atoms with E-state index in [0.29, 0.717) is 18.2 Å². The van der Waals surface area contributed by atoms with E-state index in [0.717, 1.165) is 30.0 Å². The van der Waals surface area contributed by atoms with Crippen LogP contribution in [0.4, 0.5) is 5.69 Å². The predicted octanol–water partition coefficient (Wildman–Crippen LogP) is 1.76. The smallest absolute Gasteiger partial charge is 0.251 e. The van der Waals surface area contributed by atoms with Crippen LogP contribution in [0.2, 0.25) is 0 Å². The van der Waals surface area contributed by atoms with Crippen LogP contribution in [0, 0.1) is 0 Å². The SMILES string of the molecule is CCNC(=O)c1cccc(NC2CCS(=O)CC2)c1. The van der Waals surface area contributed by atoms with Gasteiger partial charge in [-0.25, -0.2) is 0 Å². The van der Waals surface area contributed by atoms with Crippen LogP contribution in [0.5, 0.6) is 0 Å². The molecule has 1 saturated heterocycles. The molecule has 1 aromatic carbocycles. The lowest BCUT2D eigenvalue weighted by molar-refractivity contribution is 0.0956. The molecule has 0 saturated carbocycles. The van der Waals surface area contributed by atoms with Gasteiger partial charge < -0.3 is 10.6 Å². The van der Waals surface area contributed by atoms with Gasteiger partial charge in [-0.3, -0.25) is 9.00 Å². The Morgan fingerprint density at radius 1 is 1.37 bits per heavy atom. The Morgan fingerprint density at radius 2 is 2.11 bits per heavy atom. The molecule has 1 fully saturated rings. The van der Waals surface area contributed by atoms with Crippen LogP contribution in [-0.4, -0.2) is 34.2 Å². The van der Waals surface area contributed by atoms with Crippen molar-refractivity contribution in [3.8, 4) is 0 Å². The summed E-state index contributed by atoms with van der Waals surface area (Å²) in [5.74, 6) is 1.50. The monoisotopic (exact) mass is 280 g/mol. The van der Waals surface area contributed by atoms with Gasteiger partial charge in [0.15, 0.2) is 0 Å². The zero-order valence-corrected chi connectivity index (χ0v) is 12.0. The van der Waals surface area contributed by atoms with E-state index in [2.05, 4.69) is 10.6 Å². The summed E-state index contributed by atoms with van der Waals surface area (Å²) in [7, 11) is -0.637. The molecule has 0 spiro atoms. The molecule has 5 heteroatoms. The minimum Gasteiger partial charge on any atom is -0.382 e. The Balaban J connectivity index is 1.99. The van der Waals surface area contributed by atoms with Gasteiger partial charge in [0.1, 0.15) is 0 Å². The number of benzene rings is 1. The molecule has 0 aliphatic carbocycles. The van der Waals surface area contributed by atoms with Crippen LogP contribution >= 0.6 is 0 Å². The van der Waals surface area contributed by atoms with Crippen molar-refractivity contribution in [1.29, 1.82) is 0 Å². The Kier molecular flexibility index (Phi) is 4.96. The minimum absolute atomic E-state index is 0.0455. The van der Waals surface area contributed by atoms with E-state index in [1.165, 1.54) is 0 Å². The highest BCUT2D eigenvalue weighted by Gasteiger charge is 2.17. The van der Waals surface area contributed by atoms with Crippen LogP contribution in [0.1, 0.15) is 30.1 Å². The molecule has 0 bridgehead atoms. The quantitative estimate of drug-likeness (QED) is 0.883. The van der Waals surface area contributed by atoms with Gasteiger partial charge in [0.05, 0.1) is 0 Å². The number of anilines is 1. The van der Waals surface area contributed by atoms with Gasteiger partial charge in [0.2, 0.25) is 0 Å². The van der Waals surface area contributed by atoms with Crippen LogP contribution in [0.3, 0.4) is 0 Å². The van der Waals surface area contributed by atoms with Gasteiger partial charge >= 0.3 is 0 Å². The van der Waals surface area contributed by atoms with Crippen molar-refractivity contribution in [1.82, 2.24) is 5.32 Å². The van der Waals surface area contributed by atoms with Crippen molar-refractivity contribution in [2.75, 3.05) is 23.4 Å². The molecule has 0 atom stereocenters. The maximum atomic E-state index is 11.8. The van der Waals surface area contributed by atoms with Gasteiger partial charge in [-0.2, -0.15) is 0 Å². The first-order valence-corrected chi connectivity index (χ1v) is 8.17. The molecular formula is C14H20N2O2S. The number of hydrogen-bond acceptors (Lipinski definition) is 3. The molecular weight excluding hydrogens is 260 g/mol. The fourth-order valence-electron chi connectivity index (χ4n) is 2.19. The number of carbonyl (C=O) groups excluding carboxylic acids is 1. The van der Waals surface area contributed by atoms with E-state index in [-0.39, 0.29) is 5.91 Å². The molecule has 2 N–H and O–H groups in total. The lowest BCUT2D eigenvalue weighted by Crippen LogP contribution is -2.29.